The molecule has 1 N–H and O–H groups in total. The Hall–Kier alpha value is -2.07. The summed E-state index contributed by atoms with van der Waals surface area (Å²) in [5.41, 5.74) is 3.04. The first kappa shape index (κ1) is 13.4. The van der Waals surface area contributed by atoms with Gasteiger partial charge in [-0.15, -0.1) is 0 Å². The van der Waals surface area contributed by atoms with Crippen LogP contribution in [-0.4, -0.2) is 19.1 Å². The highest BCUT2D eigenvalue weighted by molar-refractivity contribution is 5.42. The van der Waals surface area contributed by atoms with E-state index in [2.05, 4.69) is 10.3 Å². The summed E-state index contributed by atoms with van der Waals surface area (Å²) in [5.74, 6) is 0.844. The number of pyridine rings is 1. The van der Waals surface area contributed by atoms with Crippen molar-refractivity contribution >= 4 is 5.69 Å². The van der Waals surface area contributed by atoms with Crippen LogP contribution in [0.1, 0.15) is 11.3 Å². The predicted molar refractivity (Wildman–Crippen MR) is 75.3 cm³/mol. The van der Waals surface area contributed by atoms with Crippen molar-refractivity contribution < 1.29 is 9.47 Å². The molecule has 19 heavy (non-hydrogen) atoms. The Morgan fingerprint density at radius 3 is 2.84 bits per heavy atom. The van der Waals surface area contributed by atoms with Crippen LogP contribution in [0.4, 0.5) is 5.69 Å². The Kier molecular flexibility index (Phi) is 4.75. The highest BCUT2D eigenvalue weighted by atomic mass is 16.5. The quantitative estimate of drug-likeness (QED) is 0.865. The predicted octanol–water partition coefficient (Wildman–Crippen LogP) is 2.85. The summed E-state index contributed by atoms with van der Waals surface area (Å²) in [5, 5.41) is 3.08. The number of nitrogens with one attached hydrogen (secondary N) is 1. The highest BCUT2D eigenvalue weighted by Crippen LogP contribution is 2.14. The average Bonchev–Trinajstić information content (AvgIpc) is 2.48. The lowest BCUT2D eigenvalue weighted by Gasteiger charge is -2.07. The van der Waals surface area contributed by atoms with E-state index in [4.69, 9.17) is 9.47 Å². The maximum atomic E-state index is 5.66. The van der Waals surface area contributed by atoms with Crippen LogP contribution in [0.3, 0.4) is 0 Å². The molecule has 4 nitrogen and oxygen atoms in total. The lowest BCUT2D eigenvalue weighted by atomic mass is 10.2. The van der Waals surface area contributed by atoms with E-state index >= 15 is 0 Å². The molecule has 4 heteroatoms. The van der Waals surface area contributed by atoms with Crippen LogP contribution in [0, 0.1) is 0 Å². The standard InChI is InChI=1S/C15H18N2O2/c1-16-13-6-7-17-14(9-13)11-19-10-12-4-3-5-15(8-12)18-2/h3-9H,10-11H2,1-2H3,(H,16,17). The van der Waals surface area contributed by atoms with Crippen molar-refractivity contribution in [3.8, 4) is 5.75 Å². The molecule has 0 bridgehead atoms. The maximum Gasteiger partial charge on any atom is 0.119 e. The first-order valence-corrected chi connectivity index (χ1v) is 6.15. The van der Waals surface area contributed by atoms with Crippen LogP contribution in [0.2, 0.25) is 0 Å². The van der Waals surface area contributed by atoms with Gasteiger partial charge in [-0.05, 0) is 29.8 Å². The third-order valence-corrected chi connectivity index (χ3v) is 2.76. The SMILES string of the molecule is CNc1ccnc(COCc2cccc(OC)c2)c1. The summed E-state index contributed by atoms with van der Waals surface area (Å²) in [4.78, 5) is 4.26. The molecular weight excluding hydrogens is 240 g/mol. The second-order valence-electron chi connectivity index (χ2n) is 4.13. The van der Waals surface area contributed by atoms with Gasteiger partial charge in [0.1, 0.15) is 5.75 Å². The van der Waals surface area contributed by atoms with E-state index in [9.17, 15) is 0 Å². The van der Waals surface area contributed by atoms with Crippen molar-refractivity contribution in [3.05, 3.63) is 53.9 Å². The van der Waals surface area contributed by atoms with Crippen LogP contribution in [0.15, 0.2) is 42.6 Å². The molecule has 2 aromatic rings. The fourth-order valence-corrected chi connectivity index (χ4v) is 1.75. The Morgan fingerprint density at radius 2 is 2.05 bits per heavy atom. The molecule has 0 aliphatic rings. The van der Waals surface area contributed by atoms with Gasteiger partial charge in [-0.25, -0.2) is 0 Å². The molecule has 0 saturated heterocycles. The van der Waals surface area contributed by atoms with E-state index in [1.54, 1.807) is 13.3 Å². The number of hydrogen-bond acceptors (Lipinski definition) is 4. The zero-order chi connectivity index (χ0) is 13.5. The topological polar surface area (TPSA) is 43.4 Å². The molecule has 0 unspecified atom stereocenters. The average molecular weight is 258 g/mol. The van der Waals surface area contributed by atoms with Gasteiger partial charge in [0.15, 0.2) is 0 Å². The first-order valence-electron chi connectivity index (χ1n) is 6.15. The fraction of sp³-hybridized carbons (Fsp3) is 0.267. The van der Waals surface area contributed by atoms with E-state index in [1.165, 1.54) is 0 Å². The molecule has 0 saturated carbocycles. The third-order valence-electron chi connectivity index (χ3n) is 2.76. The van der Waals surface area contributed by atoms with Crippen LogP contribution in [0.25, 0.3) is 0 Å². The van der Waals surface area contributed by atoms with Gasteiger partial charge in [-0.1, -0.05) is 12.1 Å². The van der Waals surface area contributed by atoms with Crippen molar-refractivity contribution in [2.24, 2.45) is 0 Å². The van der Waals surface area contributed by atoms with Crippen LogP contribution >= 0.6 is 0 Å². The number of nitrogens with zero attached hydrogens (tertiary/aromatic N) is 1. The van der Waals surface area contributed by atoms with Gasteiger partial charge in [0.2, 0.25) is 0 Å². The number of rotatable bonds is 6. The number of methoxy groups -OCH3 is 1. The molecule has 1 heterocycles. The summed E-state index contributed by atoms with van der Waals surface area (Å²) >= 11 is 0. The van der Waals surface area contributed by atoms with Gasteiger partial charge in [-0.3, -0.25) is 4.98 Å². The van der Waals surface area contributed by atoms with E-state index in [0.717, 1.165) is 22.7 Å². The number of hydrogen-bond donors (Lipinski definition) is 1. The minimum absolute atomic E-state index is 0.493. The Morgan fingerprint density at radius 1 is 1.16 bits per heavy atom. The molecule has 100 valence electrons. The van der Waals surface area contributed by atoms with Gasteiger partial charge in [-0.2, -0.15) is 0 Å². The molecule has 1 aromatic heterocycles. The largest absolute Gasteiger partial charge is 0.497 e. The van der Waals surface area contributed by atoms with Crippen LogP contribution in [-0.2, 0) is 18.0 Å². The highest BCUT2D eigenvalue weighted by Gasteiger charge is 1.99. The van der Waals surface area contributed by atoms with Gasteiger partial charge < -0.3 is 14.8 Å². The van der Waals surface area contributed by atoms with Crippen molar-refractivity contribution in [2.75, 3.05) is 19.5 Å². The fourth-order valence-electron chi connectivity index (χ4n) is 1.75. The number of anilines is 1. The smallest absolute Gasteiger partial charge is 0.119 e. The normalized spacial score (nSPS) is 10.2. The molecule has 0 aliphatic carbocycles. The van der Waals surface area contributed by atoms with Crippen molar-refractivity contribution in [2.45, 2.75) is 13.2 Å². The second kappa shape index (κ2) is 6.75. The van der Waals surface area contributed by atoms with Gasteiger partial charge in [0.25, 0.3) is 0 Å². The molecule has 1 aromatic carbocycles. The van der Waals surface area contributed by atoms with Crippen molar-refractivity contribution in [3.63, 3.8) is 0 Å². The summed E-state index contributed by atoms with van der Waals surface area (Å²) < 4.78 is 10.8. The molecule has 0 fully saturated rings. The van der Waals surface area contributed by atoms with E-state index < -0.39 is 0 Å². The Labute approximate surface area is 113 Å². The summed E-state index contributed by atoms with van der Waals surface area (Å²) in [6.45, 7) is 1.04. The van der Waals surface area contributed by atoms with Crippen molar-refractivity contribution in [1.82, 2.24) is 4.98 Å². The minimum atomic E-state index is 0.493. The van der Waals surface area contributed by atoms with E-state index in [-0.39, 0.29) is 0 Å². The summed E-state index contributed by atoms with van der Waals surface area (Å²) in [7, 11) is 3.54. The van der Waals surface area contributed by atoms with Gasteiger partial charge in [0, 0.05) is 18.9 Å². The molecular formula is C15H18N2O2. The van der Waals surface area contributed by atoms with E-state index in [0.29, 0.717) is 13.2 Å². The molecule has 0 radical (unpaired) electrons. The summed E-state index contributed by atoms with van der Waals surface area (Å²) in [6, 6.07) is 11.8. The summed E-state index contributed by atoms with van der Waals surface area (Å²) in [6.07, 6.45) is 1.77. The molecule has 0 atom stereocenters. The zero-order valence-electron chi connectivity index (χ0n) is 11.2. The zero-order valence-corrected chi connectivity index (χ0v) is 11.2. The second-order valence-corrected chi connectivity index (χ2v) is 4.13. The molecule has 0 amide bonds. The minimum Gasteiger partial charge on any atom is -0.497 e. The number of aromatic nitrogens is 1. The monoisotopic (exact) mass is 258 g/mol. The van der Waals surface area contributed by atoms with Crippen molar-refractivity contribution in [1.29, 1.82) is 0 Å². The maximum absolute atomic E-state index is 5.66. The van der Waals surface area contributed by atoms with Gasteiger partial charge in [0.05, 0.1) is 26.0 Å². The van der Waals surface area contributed by atoms with Crippen LogP contribution in [0.5, 0.6) is 5.75 Å². The molecule has 2 rings (SSSR count). The lowest BCUT2D eigenvalue weighted by molar-refractivity contribution is 0.104. The van der Waals surface area contributed by atoms with E-state index in [1.807, 2.05) is 43.4 Å². The number of ether oxygens (including phenoxy) is 2. The Balaban J connectivity index is 1.88. The molecule has 0 aliphatic heterocycles. The third kappa shape index (κ3) is 3.96. The molecule has 0 spiro atoms. The van der Waals surface area contributed by atoms with Gasteiger partial charge >= 0.3 is 0 Å². The Bertz CT molecular complexity index is 482. The number of benzene rings is 1. The lowest BCUT2D eigenvalue weighted by Crippen LogP contribution is -1.98. The van der Waals surface area contributed by atoms with Crippen LogP contribution < -0.4 is 10.1 Å². The first-order chi connectivity index (χ1) is 9.31.